The molecule has 4 aliphatic heterocycles. The van der Waals surface area contributed by atoms with Crippen LogP contribution in [0, 0.1) is 0 Å². The van der Waals surface area contributed by atoms with Gasteiger partial charge in [0.15, 0.2) is 5.78 Å². The fourth-order valence-electron chi connectivity index (χ4n) is 13.0. The van der Waals surface area contributed by atoms with E-state index in [0.29, 0.717) is 77.0 Å². The summed E-state index contributed by atoms with van der Waals surface area (Å²) in [6, 6.07) is 33.8. The predicted octanol–water partition coefficient (Wildman–Crippen LogP) is 14.7. The predicted molar refractivity (Wildman–Crippen MR) is 333 cm³/mol. The first-order valence-corrected chi connectivity index (χ1v) is 30.4. The van der Waals surface area contributed by atoms with E-state index >= 15 is 4.79 Å². The van der Waals surface area contributed by atoms with E-state index in [1.165, 1.54) is 12.8 Å². The maximum absolute atomic E-state index is 16.4. The van der Waals surface area contributed by atoms with E-state index in [9.17, 15) is 19.8 Å². The Balaban J connectivity index is 1.05. The molecule has 0 amide bonds. The summed E-state index contributed by atoms with van der Waals surface area (Å²) in [4.78, 5) is 51.1. The molecule has 13 nitrogen and oxygen atoms in total. The summed E-state index contributed by atoms with van der Waals surface area (Å²) in [5, 5.41) is 29.9. The van der Waals surface area contributed by atoms with Gasteiger partial charge in [0.25, 0.3) is 0 Å². The molecule has 0 spiro atoms. The molecular formula is C69H74Cl2N6O7. The third-order valence-corrected chi connectivity index (χ3v) is 17.8. The van der Waals surface area contributed by atoms with Crippen LogP contribution < -0.4 is 10.6 Å². The summed E-state index contributed by atoms with van der Waals surface area (Å²) in [5.41, 5.74) is 11.4. The Morgan fingerprint density at radius 2 is 0.869 bits per heavy atom. The van der Waals surface area contributed by atoms with Crippen LogP contribution in [0.2, 0.25) is 10.0 Å². The topological polar surface area (TPSA) is 151 Å². The number of ether oxygens (including phenoxy) is 2. The zero-order valence-corrected chi connectivity index (χ0v) is 50.4. The summed E-state index contributed by atoms with van der Waals surface area (Å²) < 4.78 is 15.7. The summed E-state index contributed by atoms with van der Waals surface area (Å²) >= 11 is 15.3. The zero-order chi connectivity index (χ0) is 58.8. The molecule has 8 aromatic rings. The number of aliphatic hydroxyl groups excluding tert-OH is 2. The lowest BCUT2D eigenvalue weighted by Gasteiger charge is -2.26. The number of piperidine rings is 2. The number of halogens is 2. The number of carbonyl (C=O) groups excluding carboxylic acids is 3. The maximum atomic E-state index is 16.4. The molecule has 2 atom stereocenters. The van der Waals surface area contributed by atoms with E-state index in [-0.39, 0.29) is 32.1 Å². The van der Waals surface area contributed by atoms with Crippen molar-refractivity contribution in [3.63, 3.8) is 0 Å². The second kappa shape index (κ2) is 23.3. The van der Waals surface area contributed by atoms with Crippen molar-refractivity contribution in [3.8, 4) is 44.8 Å². The van der Waals surface area contributed by atoms with Crippen LogP contribution in [0.25, 0.3) is 66.6 Å². The number of carbonyl (C=O) groups is 3. The fraction of sp³-hybridized carbons (Fsp3) is 0.377. The third kappa shape index (κ3) is 11.4. The van der Waals surface area contributed by atoms with Crippen LogP contribution in [0.4, 0.5) is 9.59 Å². The number of aromatic nitrogens is 2. The number of benzene rings is 6. The van der Waals surface area contributed by atoms with Crippen molar-refractivity contribution in [2.45, 2.75) is 143 Å². The Morgan fingerprint density at radius 1 is 0.500 bits per heavy atom. The number of hydrogen-bond acceptors (Lipinski definition) is 11. The van der Waals surface area contributed by atoms with E-state index in [1.807, 2.05) is 126 Å². The van der Waals surface area contributed by atoms with Gasteiger partial charge in [-0.05, 0) is 198 Å². The van der Waals surface area contributed by atoms with Gasteiger partial charge >= 0.3 is 12.2 Å². The van der Waals surface area contributed by atoms with E-state index in [1.54, 1.807) is 9.13 Å². The van der Waals surface area contributed by atoms with Gasteiger partial charge in [0.2, 0.25) is 0 Å². The van der Waals surface area contributed by atoms with Crippen molar-refractivity contribution in [2.24, 2.45) is 0 Å². The standard InChI is InChI=1S/C69H74Cl2N6O7/c1-68(2,3)83-66(81)76-55-23-17-43(37-74-25-9-7-10-26-74)29-47(55)31-57(76)51-33-49(45-19-13-41(39-78)14-20-45)61(70)53-35-72-63(59(51)53)65(80)64-60-52(34-50(62(71)54(60)36-73-64)46-21-15-42(40-79)16-22-46)58-32-48-30-44(38-75-27-11-8-12-28-75)18-24-56(48)77(58)67(82)84-69(4,5)6/h13-24,29-34,63-64,72-73,78-79H,7-12,25-28,35-40H2,1-6H3. The zero-order valence-electron chi connectivity index (χ0n) is 48.8. The largest absolute Gasteiger partial charge is 0.443 e. The third-order valence-electron chi connectivity index (χ3n) is 17.0. The lowest BCUT2D eigenvalue weighted by Crippen LogP contribution is -2.32. The summed E-state index contributed by atoms with van der Waals surface area (Å²) in [5.74, 6) is -0.213. The second-order valence-corrected chi connectivity index (χ2v) is 26.0. The molecule has 436 valence electrons. The van der Waals surface area contributed by atoms with Gasteiger partial charge in [-0.3, -0.25) is 25.2 Å². The average Bonchev–Trinajstić information content (AvgIpc) is 3.83. The minimum Gasteiger partial charge on any atom is -0.443 e. The quantitative estimate of drug-likeness (QED) is 0.0926. The number of ketones is 1. The van der Waals surface area contributed by atoms with Crippen molar-refractivity contribution in [2.75, 3.05) is 26.2 Å². The van der Waals surface area contributed by atoms with Gasteiger partial charge in [0, 0.05) is 59.2 Å². The van der Waals surface area contributed by atoms with Gasteiger partial charge in [-0.25, -0.2) is 18.7 Å². The van der Waals surface area contributed by atoms with Crippen molar-refractivity contribution in [1.29, 1.82) is 0 Å². The Bertz CT molecular complexity index is 3610. The van der Waals surface area contributed by atoms with Crippen LogP contribution in [0.3, 0.4) is 0 Å². The maximum Gasteiger partial charge on any atom is 0.419 e. The molecular weight excluding hydrogens is 1100 g/mol. The molecule has 15 heteroatoms. The number of nitrogens with zero attached hydrogens (tertiary/aromatic N) is 4. The van der Waals surface area contributed by atoms with E-state index in [0.717, 1.165) is 109 Å². The van der Waals surface area contributed by atoms with Gasteiger partial charge in [-0.1, -0.05) is 96.7 Å². The number of rotatable bonds is 12. The second-order valence-electron chi connectivity index (χ2n) is 25.2. The molecule has 4 N–H and O–H groups in total. The molecule has 4 aliphatic rings. The van der Waals surface area contributed by atoms with Crippen molar-refractivity contribution >= 4 is 63.0 Å². The van der Waals surface area contributed by atoms with Crippen LogP contribution in [0.5, 0.6) is 0 Å². The van der Waals surface area contributed by atoms with Crippen LogP contribution in [0.1, 0.15) is 137 Å². The fourth-order valence-corrected chi connectivity index (χ4v) is 13.7. The molecule has 6 aromatic carbocycles. The van der Waals surface area contributed by atoms with Crippen LogP contribution in [-0.2, 0) is 53.7 Å². The molecule has 2 unspecified atom stereocenters. The molecule has 84 heavy (non-hydrogen) atoms. The molecule has 6 heterocycles. The molecule has 2 saturated heterocycles. The Hall–Kier alpha value is -6.65. The molecule has 0 aliphatic carbocycles. The molecule has 0 bridgehead atoms. The normalized spacial score (nSPS) is 17.7. The monoisotopic (exact) mass is 1170 g/mol. The summed E-state index contributed by atoms with van der Waals surface area (Å²) in [7, 11) is 0. The Labute approximate surface area is 501 Å². The van der Waals surface area contributed by atoms with Crippen molar-refractivity contribution in [1.82, 2.24) is 29.6 Å². The Morgan fingerprint density at radius 3 is 1.23 bits per heavy atom. The Kier molecular flexibility index (Phi) is 16.0. The molecule has 12 rings (SSSR count). The highest BCUT2D eigenvalue weighted by atomic mass is 35.5. The molecule has 0 saturated carbocycles. The first kappa shape index (κ1) is 57.8. The molecule has 0 radical (unpaired) electrons. The van der Waals surface area contributed by atoms with Crippen LogP contribution in [0.15, 0.2) is 109 Å². The van der Waals surface area contributed by atoms with E-state index in [4.69, 9.17) is 32.7 Å². The van der Waals surface area contributed by atoms with Gasteiger partial charge < -0.3 is 19.7 Å². The smallest absolute Gasteiger partial charge is 0.419 e. The minimum absolute atomic E-state index is 0.125. The first-order valence-electron chi connectivity index (χ1n) is 29.7. The highest BCUT2D eigenvalue weighted by Gasteiger charge is 2.43. The van der Waals surface area contributed by atoms with Gasteiger partial charge in [0.1, 0.15) is 11.2 Å². The van der Waals surface area contributed by atoms with Gasteiger partial charge in [-0.2, -0.15) is 0 Å². The van der Waals surface area contributed by atoms with Gasteiger partial charge in [0.05, 0.1) is 57.8 Å². The van der Waals surface area contributed by atoms with Gasteiger partial charge in [-0.15, -0.1) is 0 Å². The number of nitrogens with one attached hydrogen (secondary N) is 2. The van der Waals surface area contributed by atoms with Crippen LogP contribution in [-0.4, -0.2) is 84.5 Å². The minimum atomic E-state index is -0.965. The lowest BCUT2D eigenvalue weighted by atomic mass is 9.85. The first-order chi connectivity index (χ1) is 40.3. The SMILES string of the molecule is CC(C)(C)OC(=O)n1c(-c2cc(-c3ccc(CO)cc3)c(Cl)c3c2C(C(=O)C2NCc4c(Cl)c(-c5ccc(CO)cc5)cc(-c5cc6cc(CN7CCCCC7)ccc6n5C(=O)OC(C)(C)C)c42)NC3)cc2cc(CN3CCCCC3)ccc21. The lowest BCUT2D eigenvalue weighted by molar-refractivity contribution is -0.123. The van der Waals surface area contributed by atoms with Crippen LogP contribution >= 0.6 is 23.2 Å². The number of Topliss-reactive ketones (excluding diaryl/α,β-unsaturated/α-hetero) is 1. The number of hydrogen-bond donors (Lipinski definition) is 4. The van der Waals surface area contributed by atoms with E-state index < -0.39 is 35.5 Å². The summed E-state index contributed by atoms with van der Waals surface area (Å²) in [6.45, 7) is 17.0. The molecule has 2 aromatic heterocycles. The number of likely N-dealkylation sites (tertiary alicyclic amines) is 2. The summed E-state index contributed by atoms with van der Waals surface area (Å²) in [6.07, 6.45) is 5.99. The van der Waals surface area contributed by atoms with Crippen molar-refractivity contribution < 1.29 is 34.1 Å². The highest BCUT2D eigenvalue weighted by molar-refractivity contribution is 6.35. The number of aliphatic hydroxyl groups is 2. The van der Waals surface area contributed by atoms with E-state index in [2.05, 4.69) is 44.7 Å². The van der Waals surface area contributed by atoms with Crippen molar-refractivity contribution in [3.05, 3.63) is 164 Å². The highest BCUT2D eigenvalue weighted by Crippen LogP contribution is 2.51. The molecule has 2 fully saturated rings. The number of fused-ring (bicyclic) bond motifs is 4. The average molecular weight is 1170 g/mol.